The molecule has 2 unspecified atom stereocenters. The number of rotatable bonds is 5. The second kappa shape index (κ2) is 7.69. The first-order valence-electron chi connectivity index (χ1n) is 8.08. The molecule has 0 amide bonds. The lowest BCUT2D eigenvalue weighted by atomic mass is 9.95. The first-order valence-corrected chi connectivity index (χ1v) is 8.08. The van der Waals surface area contributed by atoms with Crippen molar-refractivity contribution in [2.24, 2.45) is 11.0 Å². The number of ether oxygens (including phenoxy) is 1. The van der Waals surface area contributed by atoms with Crippen LogP contribution in [0.5, 0.6) is 0 Å². The second-order valence-corrected chi connectivity index (χ2v) is 7.55. The molecule has 0 spiro atoms. The van der Waals surface area contributed by atoms with Gasteiger partial charge in [0, 0.05) is 0 Å². The molecule has 0 N–H and O–H groups in total. The lowest BCUT2D eigenvalue weighted by molar-refractivity contribution is -0.218. The fourth-order valence-corrected chi connectivity index (χ4v) is 2.37. The first-order chi connectivity index (χ1) is 10.4. The number of hydrogen-bond donors (Lipinski definition) is 0. The Labute approximate surface area is 137 Å². The first kappa shape index (κ1) is 20.0. The molecule has 0 bridgehead atoms. The molecule has 1 aliphatic heterocycles. The van der Waals surface area contributed by atoms with Crippen LogP contribution >= 0.6 is 0 Å². The van der Waals surface area contributed by atoms with Crippen LogP contribution in [0, 0.1) is 5.92 Å². The van der Waals surface area contributed by atoms with E-state index in [1.807, 2.05) is 41.5 Å². The molecular weight excluding hydrogens is 305 g/mol. The Bertz CT molecular complexity index is 446. The van der Waals surface area contributed by atoms with Crippen LogP contribution in [0.2, 0.25) is 0 Å². The summed E-state index contributed by atoms with van der Waals surface area (Å²) in [4.78, 5) is 0. The number of alkyl halides is 3. The molecule has 0 aromatic heterocycles. The minimum atomic E-state index is -4.41. The summed E-state index contributed by atoms with van der Waals surface area (Å²) in [6, 6.07) is 0. The van der Waals surface area contributed by atoms with Crippen LogP contribution in [0.4, 0.5) is 13.2 Å². The molecule has 6 heteroatoms. The van der Waals surface area contributed by atoms with E-state index < -0.39 is 12.3 Å². The Morgan fingerprint density at radius 2 is 1.96 bits per heavy atom. The third-order valence-corrected chi connectivity index (χ3v) is 3.76. The Kier molecular flexibility index (Phi) is 6.69. The largest absolute Gasteiger partial charge is 0.420 e. The summed E-state index contributed by atoms with van der Waals surface area (Å²) in [5, 5.41) is 5.86. The van der Waals surface area contributed by atoms with Crippen molar-refractivity contribution < 1.29 is 17.9 Å². The average Bonchev–Trinajstić information content (AvgIpc) is 2.35. The molecule has 0 aromatic carbocycles. The highest BCUT2D eigenvalue weighted by Gasteiger charge is 2.47. The summed E-state index contributed by atoms with van der Waals surface area (Å²) < 4.78 is 44.7. The third-order valence-electron chi connectivity index (χ3n) is 3.76. The molecule has 0 aromatic rings. The molecule has 0 radical (unpaired) electrons. The van der Waals surface area contributed by atoms with Gasteiger partial charge in [-0.1, -0.05) is 18.6 Å². The quantitative estimate of drug-likeness (QED) is 0.651. The monoisotopic (exact) mass is 334 g/mol. The molecular formula is C17H29F3N2O. The van der Waals surface area contributed by atoms with Gasteiger partial charge in [-0.05, 0) is 59.8 Å². The van der Waals surface area contributed by atoms with Gasteiger partial charge in [0.1, 0.15) is 6.73 Å². The highest BCUT2D eigenvalue weighted by atomic mass is 19.4. The van der Waals surface area contributed by atoms with Gasteiger partial charge in [-0.3, -0.25) is 5.01 Å². The van der Waals surface area contributed by atoms with Crippen molar-refractivity contribution in [3.63, 3.8) is 0 Å². The third kappa shape index (κ3) is 6.53. The van der Waals surface area contributed by atoms with Crippen LogP contribution in [0.1, 0.15) is 60.8 Å². The van der Waals surface area contributed by atoms with E-state index in [0.29, 0.717) is 6.42 Å². The molecule has 2 atom stereocenters. The van der Waals surface area contributed by atoms with Crippen LogP contribution < -0.4 is 0 Å². The zero-order valence-electron chi connectivity index (χ0n) is 15.0. The molecule has 0 aliphatic carbocycles. The summed E-state index contributed by atoms with van der Waals surface area (Å²) >= 11 is 0. The molecule has 1 heterocycles. The molecule has 134 valence electrons. The molecule has 1 aliphatic rings. The van der Waals surface area contributed by atoms with Gasteiger partial charge in [-0.2, -0.15) is 18.3 Å². The van der Waals surface area contributed by atoms with Crippen LogP contribution in [0.3, 0.4) is 0 Å². The maximum absolute atomic E-state index is 13.2. The standard InChI is InChI=1S/C17H29F3N2O/c1-12(2)8-7-9-13(3)10-14-15(17(18,19)20)23-11-22(21-14)16(4,5)6/h8,13,15H,7,9-11H2,1-6H3. The van der Waals surface area contributed by atoms with E-state index in [2.05, 4.69) is 11.2 Å². The molecule has 0 fully saturated rings. The summed E-state index contributed by atoms with van der Waals surface area (Å²) in [5.41, 5.74) is 0.943. The van der Waals surface area contributed by atoms with Gasteiger partial charge in [-0.25, -0.2) is 0 Å². The lowest BCUT2D eigenvalue weighted by Gasteiger charge is -2.39. The predicted octanol–water partition coefficient (Wildman–Crippen LogP) is 5.13. The number of hydrazone groups is 1. The zero-order valence-corrected chi connectivity index (χ0v) is 15.0. The van der Waals surface area contributed by atoms with E-state index in [1.54, 1.807) is 5.01 Å². The van der Waals surface area contributed by atoms with Crippen molar-refractivity contribution in [1.29, 1.82) is 0 Å². The lowest BCUT2D eigenvalue weighted by Crippen LogP contribution is -2.51. The van der Waals surface area contributed by atoms with Crippen molar-refractivity contribution in [3.05, 3.63) is 11.6 Å². The summed E-state index contributed by atoms with van der Waals surface area (Å²) in [6.45, 7) is 11.6. The molecule has 23 heavy (non-hydrogen) atoms. The van der Waals surface area contributed by atoms with Gasteiger partial charge < -0.3 is 4.74 Å². The maximum Gasteiger partial charge on any atom is 0.420 e. The summed E-state index contributed by atoms with van der Waals surface area (Å²) in [6.07, 6.45) is -2.18. The van der Waals surface area contributed by atoms with Crippen molar-refractivity contribution >= 4 is 5.71 Å². The Balaban J connectivity index is 2.85. The fraction of sp³-hybridized carbons (Fsp3) is 0.824. The van der Waals surface area contributed by atoms with E-state index in [4.69, 9.17) is 4.74 Å². The Hall–Kier alpha value is -1.04. The average molecular weight is 334 g/mol. The Morgan fingerprint density at radius 1 is 1.35 bits per heavy atom. The highest BCUT2D eigenvalue weighted by Crippen LogP contribution is 2.31. The van der Waals surface area contributed by atoms with Gasteiger partial charge in [0.2, 0.25) is 0 Å². The van der Waals surface area contributed by atoms with Crippen molar-refractivity contribution in [3.8, 4) is 0 Å². The zero-order chi connectivity index (χ0) is 17.8. The minimum absolute atomic E-state index is 0.0865. The van der Waals surface area contributed by atoms with Crippen LogP contribution in [-0.2, 0) is 4.74 Å². The summed E-state index contributed by atoms with van der Waals surface area (Å²) in [5.74, 6) is 0.123. The van der Waals surface area contributed by atoms with E-state index >= 15 is 0 Å². The van der Waals surface area contributed by atoms with Crippen molar-refractivity contribution in [1.82, 2.24) is 5.01 Å². The molecule has 0 saturated carbocycles. The predicted molar refractivity (Wildman–Crippen MR) is 87.3 cm³/mol. The topological polar surface area (TPSA) is 24.8 Å². The van der Waals surface area contributed by atoms with Gasteiger partial charge in [0.25, 0.3) is 0 Å². The van der Waals surface area contributed by atoms with E-state index in [9.17, 15) is 13.2 Å². The second-order valence-electron chi connectivity index (χ2n) is 7.55. The number of nitrogens with zero attached hydrogens (tertiary/aromatic N) is 2. The molecule has 0 saturated heterocycles. The van der Waals surface area contributed by atoms with E-state index in [1.165, 1.54) is 5.57 Å². The number of hydrogen-bond acceptors (Lipinski definition) is 3. The number of allylic oxidation sites excluding steroid dienone is 2. The van der Waals surface area contributed by atoms with E-state index in [0.717, 1.165) is 12.8 Å². The normalized spacial score (nSPS) is 21.0. The van der Waals surface area contributed by atoms with Gasteiger partial charge >= 0.3 is 6.18 Å². The van der Waals surface area contributed by atoms with Gasteiger partial charge in [-0.15, -0.1) is 0 Å². The van der Waals surface area contributed by atoms with Crippen LogP contribution in [0.15, 0.2) is 16.8 Å². The van der Waals surface area contributed by atoms with Crippen molar-refractivity contribution in [2.45, 2.75) is 78.6 Å². The number of halogens is 3. The Morgan fingerprint density at radius 3 is 2.43 bits per heavy atom. The minimum Gasteiger partial charge on any atom is -0.341 e. The summed E-state index contributed by atoms with van der Waals surface area (Å²) in [7, 11) is 0. The smallest absolute Gasteiger partial charge is 0.341 e. The fourth-order valence-electron chi connectivity index (χ4n) is 2.37. The van der Waals surface area contributed by atoms with Crippen LogP contribution in [0.25, 0.3) is 0 Å². The van der Waals surface area contributed by atoms with E-state index in [-0.39, 0.29) is 23.9 Å². The van der Waals surface area contributed by atoms with Gasteiger partial charge in [0.05, 0.1) is 11.3 Å². The molecule has 1 rings (SSSR count). The maximum atomic E-state index is 13.2. The van der Waals surface area contributed by atoms with Gasteiger partial charge in [0.15, 0.2) is 6.10 Å². The van der Waals surface area contributed by atoms with Crippen molar-refractivity contribution in [2.75, 3.05) is 6.73 Å². The molecule has 3 nitrogen and oxygen atoms in total. The van der Waals surface area contributed by atoms with Crippen LogP contribution in [-0.4, -0.2) is 35.3 Å². The SMILES string of the molecule is CC(C)=CCCC(C)CC1=NN(C(C)(C)C)COC1C(F)(F)F. The highest BCUT2D eigenvalue weighted by molar-refractivity contribution is 5.89.